The van der Waals surface area contributed by atoms with Crippen molar-refractivity contribution in [2.75, 3.05) is 19.6 Å². The molecule has 2 atom stereocenters. The van der Waals surface area contributed by atoms with Gasteiger partial charge in [0.2, 0.25) is 11.8 Å². The van der Waals surface area contributed by atoms with E-state index in [9.17, 15) is 9.59 Å². The Labute approximate surface area is 128 Å². The lowest BCUT2D eigenvalue weighted by Gasteiger charge is -2.26. The topological polar surface area (TPSA) is 61.4 Å². The lowest BCUT2D eigenvalue weighted by atomic mass is 9.99. The van der Waals surface area contributed by atoms with E-state index in [2.05, 4.69) is 15.5 Å². The number of hydrogen-bond acceptors (Lipinski definition) is 4. The first-order valence-electron chi connectivity index (χ1n) is 7.52. The Morgan fingerprint density at radius 3 is 3.14 bits per heavy atom. The maximum atomic E-state index is 12.1. The van der Waals surface area contributed by atoms with Crippen molar-refractivity contribution in [3.8, 4) is 0 Å². The molecule has 2 aliphatic rings. The number of nitrogens with one attached hydrogen (secondary N) is 2. The fraction of sp³-hybridized carbons (Fsp3) is 0.600. The second-order valence-corrected chi connectivity index (χ2v) is 6.92. The number of fused-ring (bicyclic) bond motifs is 3. The molecule has 0 spiro atoms. The summed E-state index contributed by atoms with van der Waals surface area (Å²) in [6.45, 7) is 2.46. The summed E-state index contributed by atoms with van der Waals surface area (Å²) < 4.78 is 0. The molecule has 2 aliphatic heterocycles. The van der Waals surface area contributed by atoms with Crippen LogP contribution in [-0.2, 0) is 16.1 Å². The molecule has 21 heavy (non-hydrogen) atoms. The fourth-order valence-corrected chi connectivity index (χ4v) is 3.77. The van der Waals surface area contributed by atoms with Crippen molar-refractivity contribution in [1.29, 1.82) is 0 Å². The summed E-state index contributed by atoms with van der Waals surface area (Å²) in [5.41, 5.74) is 0. The molecule has 0 radical (unpaired) electrons. The van der Waals surface area contributed by atoms with Gasteiger partial charge in [-0.2, -0.15) is 0 Å². The Kier molecular flexibility index (Phi) is 4.55. The van der Waals surface area contributed by atoms with Crippen molar-refractivity contribution in [3.63, 3.8) is 0 Å². The molecule has 5 nitrogen and oxygen atoms in total. The van der Waals surface area contributed by atoms with Crippen LogP contribution < -0.4 is 10.6 Å². The summed E-state index contributed by atoms with van der Waals surface area (Å²) in [5.74, 6) is 0.248. The first-order valence-corrected chi connectivity index (χ1v) is 8.40. The number of hydrogen-bond donors (Lipinski definition) is 2. The summed E-state index contributed by atoms with van der Waals surface area (Å²) >= 11 is 1.65. The lowest BCUT2D eigenvalue weighted by molar-refractivity contribution is -0.126. The number of rotatable bonds is 4. The zero-order valence-corrected chi connectivity index (χ0v) is 12.8. The van der Waals surface area contributed by atoms with Gasteiger partial charge in [0.05, 0.1) is 19.0 Å². The predicted molar refractivity (Wildman–Crippen MR) is 81.9 cm³/mol. The first-order chi connectivity index (χ1) is 10.2. The van der Waals surface area contributed by atoms with Crippen molar-refractivity contribution in [3.05, 3.63) is 22.4 Å². The third kappa shape index (κ3) is 3.83. The Balaban J connectivity index is 1.52. The third-order valence-electron chi connectivity index (χ3n) is 4.19. The highest BCUT2D eigenvalue weighted by Gasteiger charge is 2.32. The molecule has 6 heteroatoms. The van der Waals surface area contributed by atoms with Gasteiger partial charge < -0.3 is 10.6 Å². The molecule has 0 unspecified atom stereocenters. The highest BCUT2D eigenvalue weighted by Crippen LogP contribution is 2.21. The van der Waals surface area contributed by atoms with Crippen molar-refractivity contribution in [2.24, 2.45) is 5.92 Å². The number of likely N-dealkylation sites (tertiary alicyclic amines) is 1. The monoisotopic (exact) mass is 307 g/mol. The molecule has 2 fully saturated rings. The van der Waals surface area contributed by atoms with E-state index >= 15 is 0 Å². The summed E-state index contributed by atoms with van der Waals surface area (Å²) in [5, 5.41) is 8.05. The van der Waals surface area contributed by atoms with Crippen LogP contribution in [0.5, 0.6) is 0 Å². The molecule has 1 aromatic rings. The maximum absolute atomic E-state index is 12.1. The van der Waals surface area contributed by atoms with E-state index in [0.717, 1.165) is 30.7 Å². The van der Waals surface area contributed by atoms with Gasteiger partial charge in [-0.25, -0.2) is 0 Å². The van der Waals surface area contributed by atoms with Crippen LogP contribution in [0.2, 0.25) is 0 Å². The van der Waals surface area contributed by atoms with Crippen LogP contribution in [0, 0.1) is 5.92 Å². The number of carbonyl (C=O) groups is 2. The molecular weight excluding hydrogens is 286 g/mol. The average Bonchev–Trinajstić information content (AvgIpc) is 2.83. The van der Waals surface area contributed by atoms with Crippen LogP contribution in [0.15, 0.2) is 17.5 Å². The predicted octanol–water partition coefficient (Wildman–Crippen LogP) is 0.965. The largest absolute Gasteiger partial charge is 0.352 e. The van der Waals surface area contributed by atoms with E-state index in [1.54, 1.807) is 11.3 Å². The van der Waals surface area contributed by atoms with Gasteiger partial charge in [0, 0.05) is 24.0 Å². The quantitative estimate of drug-likeness (QED) is 0.871. The van der Waals surface area contributed by atoms with Gasteiger partial charge in [-0.15, -0.1) is 11.3 Å². The molecule has 3 heterocycles. The molecule has 2 bridgehead atoms. The van der Waals surface area contributed by atoms with Gasteiger partial charge >= 0.3 is 0 Å². The highest BCUT2D eigenvalue weighted by atomic mass is 32.1. The van der Waals surface area contributed by atoms with Gasteiger partial charge in [0.15, 0.2) is 0 Å². The number of thiophene rings is 1. The van der Waals surface area contributed by atoms with E-state index in [-0.39, 0.29) is 23.8 Å². The van der Waals surface area contributed by atoms with Gasteiger partial charge in [-0.3, -0.25) is 14.5 Å². The van der Waals surface area contributed by atoms with Crippen LogP contribution in [0.25, 0.3) is 0 Å². The van der Waals surface area contributed by atoms with Crippen LogP contribution in [0.1, 0.15) is 24.1 Å². The van der Waals surface area contributed by atoms with E-state index < -0.39 is 0 Å². The molecule has 0 aromatic carbocycles. The molecular formula is C15H21N3O2S. The Bertz CT molecular complexity index is 503. The zero-order valence-electron chi connectivity index (χ0n) is 12.0. The van der Waals surface area contributed by atoms with Crippen LogP contribution in [-0.4, -0.2) is 42.4 Å². The molecule has 3 rings (SSSR count). The number of nitrogens with zero attached hydrogens (tertiary/aromatic N) is 1. The number of amides is 2. The SMILES string of the molecule is O=C(CN1C[C@@H]2CCC[C@H](C1)C(=O)N2)NCc1cccs1. The van der Waals surface area contributed by atoms with Crippen molar-refractivity contribution >= 4 is 23.2 Å². The van der Waals surface area contributed by atoms with E-state index in [0.29, 0.717) is 19.6 Å². The molecule has 2 amide bonds. The van der Waals surface area contributed by atoms with Gasteiger partial charge in [-0.05, 0) is 24.3 Å². The minimum absolute atomic E-state index is 0.0378. The van der Waals surface area contributed by atoms with E-state index in [1.165, 1.54) is 0 Å². The third-order valence-corrected chi connectivity index (χ3v) is 5.06. The van der Waals surface area contributed by atoms with Crippen LogP contribution in [0.3, 0.4) is 0 Å². The molecule has 1 aromatic heterocycles. The molecule has 2 N–H and O–H groups in total. The lowest BCUT2D eigenvalue weighted by Crippen LogP contribution is -2.43. The second-order valence-electron chi connectivity index (χ2n) is 5.88. The van der Waals surface area contributed by atoms with Crippen molar-refractivity contribution in [1.82, 2.24) is 15.5 Å². The minimum atomic E-state index is 0.0378. The molecule has 0 saturated carbocycles. The smallest absolute Gasteiger partial charge is 0.234 e. The van der Waals surface area contributed by atoms with Gasteiger partial charge in [0.25, 0.3) is 0 Å². The average molecular weight is 307 g/mol. The van der Waals surface area contributed by atoms with Crippen molar-refractivity contribution < 1.29 is 9.59 Å². The first kappa shape index (κ1) is 14.5. The van der Waals surface area contributed by atoms with Crippen molar-refractivity contribution in [2.45, 2.75) is 31.8 Å². The van der Waals surface area contributed by atoms with Crippen LogP contribution >= 0.6 is 11.3 Å². The molecule has 114 valence electrons. The standard InChI is InChI=1S/C15H21N3O2S/c19-14(16-7-13-5-2-6-21-13)10-18-8-11-3-1-4-12(9-18)17-15(11)20/h2,5-6,11-12H,1,3-4,7-10H2,(H,16,19)(H,17,20)/t11-,12+/m1/s1. The van der Waals surface area contributed by atoms with Gasteiger partial charge in [-0.1, -0.05) is 12.5 Å². The summed E-state index contributed by atoms with van der Waals surface area (Å²) in [7, 11) is 0. The summed E-state index contributed by atoms with van der Waals surface area (Å²) in [4.78, 5) is 27.3. The van der Waals surface area contributed by atoms with E-state index in [4.69, 9.17) is 0 Å². The Morgan fingerprint density at radius 1 is 1.43 bits per heavy atom. The van der Waals surface area contributed by atoms with Crippen LogP contribution in [0.4, 0.5) is 0 Å². The normalized spacial score (nSPS) is 26.0. The molecule has 0 aliphatic carbocycles. The summed E-state index contributed by atoms with van der Waals surface area (Å²) in [6, 6.07) is 4.21. The van der Waals surface area contributed by atoms with E-state index in [1.807, 2.05) is 17.5 Å². The zero-order chi connectivity index (χ0) is 14.7. The highest BCUT2D eigenvalue weighted by molar-refractivity contribution is 7.09. The Morgan fingerprint density at radius 2 is 2.33 bits per heavy atom. The number of carbonyl (C=O) groups excluding carboxylic acids is 2. The second kappa shape index (κ2) is 6.58. The van der Waals surface area contributed by atoms with Gasteiger partial charge in [0.1, 0.15) is 0 Å². The summed E-state index contributed by atoms with van der Waals surface area (Å²) in [6.07, 6.45) is 3.07. The minimum Gasteiger partial charge on any atom is -0.352 e. The Hall–Kier alpha value is -1.40. The molecule has 2 saturated heterocycles. The maximum Gasteiger partial charge on any atom is 0.234 e. The fourth-order valence-electron chi connectivity index (χ4n) is 3.13.